The molecule has 0 aliphatic carbocycles. The maximum absolute atomic E-state index is 12.0. The van der Waals surface area contributed by atoms with Gasteiger partial charge in [0.05, 0.1) is 12.6 Å². The van der Waals surface area contributed by atoms with Crippen LogP contribution in [0.25, 0.3) is 0 Å². The normalized spacial score (nSPS) is 16.2. The van der Waals surface area contributed by atoms with Gasteiger partial charge < -0.3 is 15.3 Å². The fourth-order valence-electron chi connectivity index (χ4n) is 2.24. The Labute approximate surface area is 118 Å². The molecule has 0 aromatic carbocycles. The Morgan fingerprint density at radius 3 is 3.26 bits per heavy atom. The van der Waals surface area contributed by atoms with Crippen LogP contribution in [-0.2, 0) is 17.8 Å². The second-order valence-corrected chi connectivity index (χ2v) is 5.96. The summed E-state index contributed by atoms with van der Waals surface area (Å²) in [5.74, 6) is 0.155. The molecule has 2 heterocycles. The second-order valence-electron chi connectivity index (χ2n) is 4.96. The lowest BCUT2D eigenvalue weighted by Crippen LogP contribution is -2.41. The Hall–Kier alpha value is -0.910. The largest absolute Gasteiger partial charge is 0.393 e. The maximum Gasteiger partial charge on any atom is 0.236 e. The number of aliphatic hydroxyl groups is 1. The lowest BCUT2D eigenvalue weighted by atomic mass is 10.1. The molecular weight excluding hydrogens is 260 g/mol. The summed E-state index contributed by atoms with van der Waals surface area (Å²) in [6.07, 6.45) is 2.19. The van der Waals surface area contributed by atoms with E-state index < -0.39 is 0 Å². The minimum absolute atomic E-state index is 0.155. The molecule has 106 valence electrons. The van der Waals surface area contributed by atoms with E-state index in [1.165, 1.54) is 10.4 Å². The van der Waals surface area contributed by atoms with Gasteiger partial charge in [-0.15, -0.1) is 11.3 Å². The van der Waals surface area contributed by atoms with Crippen LogP contribution >= 0.6 is 11.3 Å². The minimum Gasteiger partial charge on any atom is -0.393 e. The van der Waals surface area contributed by atoms with E-state index in [9.17, 15) is 9.90 Å². The van der Waals surface area contributed by atoms with E-state index in [0.29, 0.717) is 19.5 Å². The van der Waals surface area contributed by atoms with Crippen molar-refractivity contribution in [2.75, 3.05) is 19.6 Å². The zero-order chi connectivity index (χ0) is 13.7. The lowest BCUT2D eigenvalue weighted by Gasteiger charge is -2.27. The van der Waals surface area contributed by atoms with E-state index >= 15 is 0 Å². The second kappa shape index (κ2) is 7.03. The van der Waals surface area contributed by atoms with E-state index in [2.05, 4.69) is 16.8 Å². The number of nitrogens with zero attached hydrogens (tertiary/aromatic N) is 1. The molecular formula is C14H22N2O2S. The molecule has 19 heavy (non-hydrogen) atoms. The van der Waals surface area contributed by atoms with Gasteiger partial charge in [0.15, 0.2) is 0 Å². The number of carbonyl (C=O) groups is 1. The number of fused-ring (bicyclic) bond motifs is 1. The SMILES string of the molecule is CCC(O)CCNCC(=O)N1CCc2sccc2C1. The highest BCUT2D eigenvalue weighted by molar-refractivity contribution is 7.10. The molecule has 0 fully saturated rings. The molecule has 5 heteroatoms. The first kappa shape index (κ1) is 14.5. The first-order valence-corrected chi connectivity index (χ1v) is 7.80. The van der Waals surface area contributed by atoms with E-state index in [1.807, 2.05) is 11.8 Å². The Morgan fingerprint density at radius 2 is 2.47 bits per heavy atom. The fraction of sp³-hybridized carbons (Fsp3) is 0.643. The van der Waals surface area contributed by atoms with Crippen LogP contribution < -0.4 is 5.32 Å². The number of nitrogens with one attached hydrogen (secondary N) is 1. The molecule has 0 saturated carbocycles. The summed E-state index contributed by atoms with van der Waals surface area (Å²) in [6, 6.07) is 2.12. The first-order valence-electron chi connectivity index (χ1n) is 6.92. The van der Waals surface area contributed by atoms with Crippen LogP contribution in [0.15, 0.2) is 11.4 Å². The Bertz CT molecular complexity index is 419. The van der Waals surface area contributed by atoms with Crippen molar-refractivity contribution in [3.05, 3.63) is 21.9 Å². The van der Waals surface area contributed by atoms with Gasteiger partial charge >= 0.3 is 0 Å². The van der Waals surface area contributed by atoms with Crippen molar-refractivity contribution in [3.63, 3.8) is 0 Å². The van der Waals surface area contributed by atoms with Crippen LogP contribution in [-0.4, -0.2) is 41.7 Å². The summed E-state index contributed by atoms with van der Waals surface area (Å²) in [4.78, 5) is 15.4. The van der Waals surface area contributed by atoms with E-state index in [1.54, 1.807) is 11.3 Å². The molecule has 1 aromatic heterocycles. The van der Waals surface area contributed by atoms with Crippen molar-refractivity contribution in [1.29, 1.82) is 0 Å². The van der Waals surface area contributed by atoms with Gasteiger partial charge in [-0.3, -0.25) is 4.79 Å². The molecule has 1 unspecified atom stereocenters. The zero-order valence-electron chi connectivity index (χ0n) is 11.4. The minimum atomic E-state index is -0.258. The van der Waals surface area contributed by atoms with Gasteiger partial charge in [0.1, 0.15) is 0 Å². The van der Waals surface area contributed by atoms with E-state index in [0.717, 1.165) is 25.9 Å². The smallest absolute Gasteiger partial charge is 0.236 e. The summed E-state index contributed by atoms with van der Waals surface area (Å²) in [7, 11) is 0. The molecule has 1 aliphatic heterocycles. The highest BCUT2D eigenvalue weighted by atomic mass is 32.1. The average Bonchev–Trinajstić information content (AvgIpc) is 2.90. The molecule has 0 bridgehead atoms. The molecule has 0 spiro atoms. The monoisotopic (exact) mass is 282 g/mol. The number of thiophene rings is 1. The zero-order valence-corrected chi connectivity index (χ0v) is 12.2. The molecule has 1 atom stereocenters. The highest BCUT2D eigenvalue weighted by Gasteiger charge is 2.20. The third kappa shape index (κ3) is 4.03. The summed E-state index contributed by atoms with van der Waals surface area (Å²) >= 11 is 1.78. The predicted octanol–water partition coefficient (Wildman–Crippen LogP) is 1.38. The average molecular weight is 282 g/mol. The standard InChI is InChI=1S/C14H22N2O2S/c1-2-12(17)3-6-15-9-14(18)16-7-4-13-11(10-16)5-8-19-13/h5,8,12,15,17H,2-4,6-7,9-10H2,1H3. The molecule has 1 amide bonds. The van der Waals surface area contributed by atoms with Crippen LogP contribution in [0.3, 0.4) is 0 Å². The van der Waals surface area contributed by atoms with Crippen LogP contribution in [0.5, 0.6) is 0 Å². The topological polar surface area (TPSA) is 52.6 Å². The van der Waals surface area contributed by atoms with Crippen LogP contribution in [0, 0.1) is 0 Å². The van der Waals surface area contributed by atoms with Gasteiger partial charge in [0.25, 0.3) is 0 Å². The molecule has 0 radical (unpaired) electrons. The van der Waals surface area contributed by atoms with Crippen LogP contribution in [0.4, 0.5) is 0 Å². The van der Waals surface area contributed by atoms with Crippen molar-refractivity contribution in [1.82, 2.24) is 10.2 Å². The number of hydrogen-bond donors (Lipinski definition) is 2. The molecule has 2 rings (SSSR count). The summed E-state index contributed by atoms with van der Waals surface area (Å²) < 4.78 is 0. The summed E-state index contributed by atoms with van der Waals surface area (Å²) in [5.41, 5.74) is 1.30. The fourth-order valence-corrected chi connectivity index (χ4v) is 3.13. The molecule has 0 saturated heterocycles. The van der Waals surface area contributed by atoms with Gasteiger partial charge in [0.2, 0.25) is 5.91 Å². The summed E-state index contributed by atoms with van der Waals surface area (Å²) in [6.45, 7) is 4.60. The first-order chi connectivity index (χ1) is 9.20. The number of aliphatic hydroxyl groups excluding tert-OH is 1. The van der Waals surface area contributed by atoms with Crippen molar-refractivity contribution >= 4 is 17.2 Å². The van der Waals surface area contributed by atoms with Crippen molar-refractivity contribution in [3.8, 4) is 0 Å². The number of carbonyl (C=O) groups excluding carboxylic acids is 1. The molecule has 1 aliphatic rings. The van der Waals surface area contributed by atoms with Crippen LogP contribution in [0.2, 0.25) is 0 Å². The maximum atomic E-state index is 12.0. The molecule has 2 N–H and O–H groups in total. The molecule has 4 nitrogen and oxygen atoms in total. The Balaban J connectivity index is 1.70. The number of hydrogen-bond acceptors (Lipinski definition) is 4. The van der Waals surface area contributed by atoms with Gasteiger partial charge in [-0.2, -0.15) is 0 Å². The number of amides is 1. The van der Waals surface area contributed by atoms with E-state index in [4.69, 9.17) is 0 Å². The highest BCUT2D eigenvalue weighted by Crippen LogP contribution is 2.23. The van der Waals surface area contributed by atoms with Crippen molar-refractivity contribution < 1.29 is 9.90 Å². The van der Waals surface area contributed by atoms with Gasteiger partial charge in [0, 0.05) is 18.0 Å². The Kier molecular flexibility index (Phi) is 5.36. The Morgan fingerprint density at radius 1 is 1.63 bits per heavy atom. The molecule has 1 aromatic rings. The lowest BCUT2D eigenvalue weighted by molar-refractivity contribution is -0.131. The van der Waals surface area contributed by atoms with Gasteiger partial charge in [-0.1, -0.05) is 6.92 Å². The van der Waals surface area contributed by atoms with Crippen molar-refractivity contribution in [2.24, 2.45) is 0 Å². The number of rotatable bonds is 6. The van der Waals surface area contributed by atoms with E-state index in [-0.39, 0.29) is 12.0 Å². The predicted molar refractivity (Wildman–Crippen MR) is 77.2 cm³/mol. The third-order valence-electron chi connectivity index (χ3n) is 3.56. The van der Waals surface area contributed by atoms with Gasteiger partial charge in [-0.05, 0) is 42.8 Å². The van der Waals surface area contributed by atoms with Gasteiger partial charge in [-0.25, -0.2) is 0 Å². The summed E-state index contributed by atoms with van der Waals surface area (Å²) in [5, 5.41) is 14.6. The quantitative estimate of drug-likeness (QED) is 0.775. The van der Waals surface area contributed by atoms with Crippen LogP contribution in [0.1, 0.15) is 30.2 Å². The third-order valence-corrected chi connectivity index (χ3v) is 4.59. The van der Waals surface area contributed by atoms with Crippen molar-refractivity contribution in [2.45, 2.75) is 38.8 Å².